The van der Waals surface area contributed by atoms with Crippen molar-refractivity contribution < 1.29 is 14.8 Å². The van der Waals surface area contributed by atoms with E-state index in [4.69, 9.17) is 28.4 Å². The first-order valence-corrected chi connectivity index (χ1v) is 11.8. The molecule has 0 aliphatic heterocycles. The summed E-state index contributed by atoms with van der Waals surface area (Å²) in [6.45, 7) is 0. The van der Waals surface area contributed by atoms with Crippen molar-refractivity contribution in [3.63, 3.8) is 0 Å². The van der Waals surface area contributed by atoms with Crippen LogP contribution in [-0.2, 0) is 9.59 Å². The maximum Gasteiger partial charge on any atom is 0.243 e. The summed E-state index contributed by atoms with van der Waals surface area (Å²) in [6, 6.07) is 14.5. The number of nitrogens with zero attached hydrogens (tertiary/aromatic N) is 2. The molecule has 0 saturated heterocycles. The van der Waals surface area contributed by atoms with E-state index in [0.717, 1.165) is 24.9 Å². The van der Waals surface area contributed by atoms with Gasteiger partial charge in [0.2, 0.25) is 17.8 Å². The number of hydrogen-bond acceptors (Lipinski definition) is 7. The second kappa shape index (κ2) is 13.5. The van der Waals surface area contributed by atoms with Gasteiger partial charge in [-0.25, -0.2) is 10.5 Å². The molecule has 0 aliphatic carbocycles. The van der Waals surface area contributed by atoms with Crippen LogP contribution in [0, 0.1) is 0 Å². The molecule has 11 heteroatoms. The number of carbonyl (C=O) groups is 2. The van der Waals surface area contributed by atoms with E-state index in [1.165, 1.54) is 6.20 Å². The van der Waals surface area contributed by atoms with E-state index < -0.39 is 5.91 Å². The van der Waals surface area contributed by atoms with Crippen LogP contribution in [0.3, 0.4) is 0 Å². The summed E-state index contributed by atoms with van der Waals surface area (Å²) in [4.78, 5) is 31.7. The summed E-state index contributed by atoms with van der Waals surface area (Å²) >= 11 is 12.4. The largest absolute Gasteiger partial charge is 0.338 e. The first-order valence-electron chi connectivity index (χ1n) is 11.1. The van der Waals surface area contributed by atoms with Crippen molar-refractivity contribution in [3.05, 3.63) is 64.8 Å². The third-order valence-electron chi connectivity index (χ3n) is 4.98. The molecule has 9 nitrogen and oxygen atoms in total. The van der Waals surface area contributed by atoms with Gasteiger partial charge in [0, 0.05) is 24.2 Å². The van der Waals surface area contributed by atoms with Gasteiger partial charge < -0.3 is 16.0 Å². The number of rotatable bonds is 12. The van der Waals surface area contributed by atoms with Crippen LogP contribution in [0.4, 0.5) is 28.8 Å². The molecule has 0 spiro atoms. The number of carbonyl (C=O) groups excluding carboxylic acids is 2. The lowest BCUT2D eigenvalue weighted by Gasteiger charge is -2.11. The first kappa shape index (κ1) is 26.2. The summed E-state index contributed by atoms with van der Waals surface area (Å²) in [5.74, 6) is 0.294. The number of benzene rings is 2. The number of halogens is 2. The van der Waals surface area contributed by atoms with Gasteiger partial charge in [-0.05, 0) is 49.2 Å². The van der Waals surface area contributed by atoms with Crippen LogP contribution in [0.5, 0.6) is 0 Å². The predicted molar refractivity (Wildman–Crippen MR) is 138 cm³/mol. The zero-order valence-corrected chi connectivity index (χ0v) is 20.4. The molecule has 1 heterocycles. The number of amides is 2. The Morgan fingerprint density at radius 3 is 2.14 bits per heavy atom. The lowest BCUT2D eigenvalue weighted by Crippen LogP contribution is -2.17. The Morgan fingerprint density at radius 2 is 1.46 bits per heavy atom. The molecule has 0 aliphatic rings. The minimum absolute atomic E-state index is 0.0740. The second-order valence-electron chi connectivity index (χ2n) is 7.69. The molecule has 0 unspecified atom stereocenters. The molecule has 35 heavy (non-hydrogen) atoms. The normalized spacial score (nSPS) is 10.5. The lowest BCUT2D eigenvalue weighted by molar-refractivity contribution is -0.129. The van der Waals surface area contributed by atoms with Crippen molar-refractivity contribution in [1.29, 1.82) is 0 Å². The van der Waals surface area contributed by atoms with Gasteiger partial charge in [0.25, 0.3) is 0 Å². The van der Waals surface area contributed by atoms with Gasteiger partial charge in [-0.2, -0.15) is 4.98 Å². The van der Waals surface area contributed by atoms with Gasteiger partial charge in [0.15, 0.2) is 5.82 Å². The minimum Gasteiger partial charge on any atom is -0.338 e. The summed E-state index contributed by atoms with van der Waals surface area (Å²) in [5.41, 5.74) is 3.70. The van der Waals surface area contributed by atoms with Gasteiger partial charge in [0.1, 0.15) is 5.02 Å². The smallest absolute Gasteiger partial charge is 0.243 e. The fourth-order valence-corrected chi connectivity index (χ4v) is 3.50. The topological polar surface area (TPSA) is 128 Å². The Morgan fingerprint density at radius 1 is 0.800 bits per heavy atom. The Balaban J connectivity index is 1.47. The van der Waals surface area contributed by atoms with Crippen molar-refractivity contribution in [2.24, 2.45) is 0 Å². The molecule has 0 radical (unpaired) electrons. The van der Waals surface area contributed by atoms with Crippen molar-refractivity contribution in [2.75, 3.05) is 16.0 Å². The standard InChI is InChI=1S/C24H26Cl2N6O3/c25-18-7-5-6-8-20(18)30-23-19(26)15-27-24(31-23)29-17-13-11-16(12-14-17)28-21(33)9-3-1-2-4-10-22(34)32-35/h5-8,11-15,35H,1-4,9-10H2,(H,28,33)(H,32,34)(H2,27,29,30,31). The van der Waals surface area contributed by atoms with Crippen molar-refractivity contribution in [2.45, 2.75) is 38.5 Å². The Labute approximate surface area is 213 Å². The molecular weight excluding hydrogens is 491 g/mol. The fourth-order valence-electron chi connectivity index (χ4n) is 3.18. The lowest BCUT2D eigenvalue weighted by atomic mass is 10.1. The minimum atomic E-state index is -0.391. The quantitative estimate of drug-likeness (QED) is 0.112. The van der Waals surface area contributed by atoms with Crippen LogP contribution < -0.4 is 21.4 Å². The summed E-state index contributed by atoms with van der Waals surface area (Å²) < 4.78 is 0. The molecule has 0 saturated carbocycles. The van der Waals surface area contributed by atoms with E-state index in [1.807, 2.05) is 18.2 Å². The van der Waals surface area contributed by atoms with Gasteiger partial charge in [-0.3, -0.25) is 14.8 Å². The second-order valence-corrected chi connectivity index (χ2v) is 8.51. The van der Waals surface area contributed by atoms with E-state index in [-0.39, 0.29) is 12.3 Å². The van der Waals surface area contributed by atoms with Gasteiger partial charge in [-0.15, -0.1) is 0 Å². The number of unbranched alkanes of at least 4 members (excludes halogenated alkanes) is 3. The molecule has 2 amide bonds. The highest BCUT2D eigenvalue weighted by Crippen LogP contribution is 2.29. The molecule has 0 bridgehead atoms. The maximum absolute atomic E-state index is 12.1. The molecule has 0 fully saturated rings. The van der Waals surface area contributed by atoms with Gasteiger partial charge >= 0.3 is 0 Å². The third kappa shape index (κ3) is 8.71. The summed E-state index contributed by atoms with van der Waals surface area (Å²) in [5, 5.41) is 18.4. The average molecular weight is 517 g/mol. The predicted octanol–water partition coefficient (Wildman–Crippen LogP) is 6.06. The van der Waals surface area contributed by atoms with E-state index in [1.54, 1.807) is 35.8 Å². The Kier molecular flexibility index (Phi) is 10.1. The van der Waals surface area contributed by atoms with E-state index in [9.17, 15) is 9.59 Å². The van der Waals surface area contributed by atoms with Crippen LogP contribution in [-0.4, -0.2) is 27.0 Å². The number of aromatic nitrogens is 2. The highest BCUT2D eigenvalue weighted by Gasteiger charge is 2.09. The average Bonchev–Trinajstić information content (AvgIpc) is 2.85. The van der Waals surface area contributed by atoms with E-state index in [0.29, 0.717) is 46.0 Å². The number of hydroxylamine groups is 1. The molecular formula is C24H26Cl2N6O3. The van der Waals surface area contributed by atoms with Gasteiger partial charge in [0.05, 0.1) is 16.9 Å². The SMILES string of the molecule is O=C(CCCCCCC(=O)Nc1ccc(Nc2ncc(Cl)c(Nc3ccccc3Cl)n2)cc1)NO. The number of para-hydroxylation sites is 1. The van der Waals surface area contributed by atoms with E-state index >= 15 is 0 Å². The van der Waals surface area contributed by atoms with Crippen molar-refractivity contribution >= 4 is 63.8 Å². The monoisotopic (exact) mass is 516 g/mol. The highest BCUT2D eigenvalue weighted by atomic mass is 35.5. The summed E-state index contributed by atoms with van der Waals surface area (Å²) in [7, 11) is 0. The highest BCUT2D eigenvalue weighted by molar-refractivity contribution is 6.34. The Bertz CT molecular complexity index is 1140. The number of nitrogens with one attached hydrogen (secondary N) is 4. The molecule has 0 atom stereocenters. The zero-order valence-electron chi connectivity index (χ0n) is 18.9. The third-order valence-corrected chi connectivity index (χ3v) is 5.58. The Hall–Kier alpha value is -3.40. The van der Waals surface area contributed by atoms with Crippen LogP contribution >= 0.6 is 23.2 Å². The van der Waals surface area contributed by atoms with Gasteiger partial charge in [-0.1, -0.05) is 48.2 Å². The number of hydrogen-bond donors (Lipinski definition) is 5. The fraction of sp³-hybridized carbons (Fsp3) is 0.250. The van der Waals surface area contributed by atoms with Crippen LogP contribution in [0.1, 0.15) is 38.5 Å². The van der Waals surface area contributed by atoms with Crippen LogP contribution in [0.15, 0.2) is 54.7 Å². The molecule has 5 N–H and O–H groups in total. The summed E-state index contributed by atoms with van der Waals surface area (Å²) in [6.07, 6.45) is 5.23. The molecule has 184 valence electrons. The molecule has 2 aromatic carbocycles. The van der Waals surface area contributed by atoms with Crippen LogP contribution in [0.2, 0.25) is 10.0 Å². The van der Waals surface area contributed by atoms with Crippen molar-refractivity contribution in [1.82, 2.24) is 15.4 Å². The molecule has 3 rings (SSSR count). The van der Waals surface area contributed by atoms with Crippen molar-refractivity contribution in [3.8, 4) is 0 Å². The molecule has 1 aromatic heterocycles. The number of anilines is 5. The van der Waals surface area contributed by atoms with E-state index in [2.05, 4.69) is 25.9 Å². The maximum atomic E-state index is 12.1. The zero-order chi connectivity index (χ0) is 25.0. The van der Waals surface area contributed by atoms with Crippen LogP contribution in [0.25, 0.3) is 0 Å². The molecule has 3 aromatic rings. The first-order chi connectivity index (χ1) is 16.9.